The molecule has 122 valence electrons. The van der Waals surface area contributed by atoms with Gasteiger partial charge in [0, 0.05) is 11.8 Å². The summed E-state index contributed by atoms with van der Waals surface area (Å²) < 4.78 is 15.5. The molecule has 3 aromatic rings. The largest absolute Gasteiger partial charge is 0.319 e. The van der Waals surface area contributed by atoms with Crippen molar-refractivity contribution in [2.24, 2.45) is 0 Å². The van der Waals surface area contributed by atoms with Gasteiger partial charge in [0.2, 0.25) is 0 Å². The monoisotopic (exact) mass is 344 g/mol. The summed E-state index contributed by atoms with van der Waals surface area (Å²) >= 11 is 1.42. The molecule has 7 nitrogen and oxygen atoms in total. The first-order chi connectivity index (χ1) is 11.6. The highest BCUT2D eigenvalue weighted by atomic mass is 32.2. The zero-order valence-corrected chi connectivity index (χ0v) is 13.7. The smallest absolute Gasteiger partial charge is 0.255 e. The summed E-state index contributed by atoms with van der Waals surface area (Å²) in [6.45, 7) is 1.72. The molecule has 1 aromatic carbocycles. The van der Waals surface area contributed by atoms with Crippen LogP contribution < -0.4 is 5.32 Å². The van der Waals surface area contributed by atoms with Gasteiger partial charge in [-0.2, -0.15) is 4.68 Å². The average Bonchev–Trinajstić information content (AvgIpc) is 3.03. The zero-order valence-electron chi connectivity index (χ0n) is 12.9. The number of halogens is 1. The molecule has 0 aliphatic rings. The van der Waals surface area contributed by atoms with Crippen molar-refractivity contribution in [3.8, 4) is 5.69 Å². The van der Waals surface area contributed by atoms with E-state index in [1.165, 1.54) is 40.8 Å². The molecule has 0 unspecified atom stereocenters. The first kappa shape index (κ1) is 16.1. The Bertz CT molecular complexity index is 897. The van der Waals surface area contributed by atoms with E-state index in [1.807, 2.05) is 6.26 Å². The zero-order chi connectivity index (χ0) is 17.1. The Kier molecular flexibility index (Phi) is 4.52. The number of hydrogen-bond donors (Lipinski definition) is 1. The average molecular weight is 344 g/mol. The first-order valence-electron chi connectivity index (χ1n) is 6.95. The SMILES string of the molecule is CSc1cc(C(=O)Nc2cc(-n3nnnc3C)ccc2F)ccn1. The van der Waals surface area contributed by atoms with Crippen molar-refractivity contribution in [3.05, 3.63) is 53.7 Å². The Morgan fingerprint density at radius 2 is 2.12 bits per heavy atom. The van der Waals surface area contributed by atoms with Gasteiger partial charge in [-0.3, -0.25) is 4.79 Å². The maximum atomic E-state index is 14.0. The van der Waals surface area contributed by atoms with E-state index in [4.69, 9.17) is 0 Å². The summed E-state index contributed by atoms with van der Waals surface area (Å²) in [5.41, 5.74) is 1.00. The maximum absolute atomic E-state index is 14.0. The van der Waals surface area contributed by atoms with Crippen LogP contribution >= 0.6 is 11.8 Å². The highest BCUT2D eigenvalue weighted by Crippen LogP contribution is 2.20. The van der Waals surface area contributed by atoms with Crippen LogP contribution in [-0.4, -0.2) is 37.4 Å². The highest BCUT2D eigenvalue weighted by Gasteiger charge is 2.13. The lowest BCUT2D eigenvalue weighted by Crippen LogP contribution is -2.14. The van der Waals surface area contributed by atoms with Crippen molar-refractivity contribution < 1.29 is 9.18 Å². The number of thioether (sulfide) groups is 1. The first-order valence-corrected chi connectivity index (χ1v) is 8.17. The van der Waals surface area contributed by atoms with E-state index in [2.05, 4.69) is 25.8 Å². The van der Waals surface area contributed by atoms with Gasteiger partial charge in [0.25, 0.3) is 5.91 Å². The van der Waals surface area contributed by atoms with Gasteiger partial charge < -0.3 is 5.32 Å². The van der Waals surface area contributed by atoms with Gasteiger partial charge in [0.1, 0.15) is 5.82 Å². The Labute approximate surface area is 141 Å². The van der Waals surface area contributed by atoms with Crippen LogP contribution in [0.3, 0.4) is 0 Å². The molecule has 1 amide bonds. The van der Waals surface area contributed by atoms with Gasteiger partial charge in [0.15, 0.2) is 5.82 Å². The third kappa shape index (κ3) is 3.25. The molecule has 0 aliphatic carbocycles. The van der Waals surface area contributed by atoms with E-state index >= 15 is 0 Å². The Morgan fingerprint density at radius 1 is 1.29 bits per heavy atom. The van der Waals surface area contributed by atoms with Gasteiger partial charge in [-0.05, 0) is 53.9 Å². The number of anilines is 1. The number of nitrogens with one attached hydrogen (secondary N) is 1. The topological polar surface area (TPSA) is 85.6 Å². The van der Waals surface area contributed by atoms with Crippen LogP contribution in [0.15, 0.2) is 41.6 Å². The van der Waals surface area contributed by atoms with E-state index in [-0.39, 0.29) is 5.69 Å². The second-order valence-electron chi connectivity index (χ2n) is 4.84. The summed E-state index contributed by atoms with van der Waals surface area (Å²) in [7, 11) is 0. The van der Waals surface area contributed by atoms with Crippen LogP contribution in [0.5, 0.6) is 0 Å². The number of amides is 1. The predicted octanol–water partition coefficient (Wildman–Crippen LogP) is 2.48. The van der Waals surface area contributed by atoms with E-state index < -0.39 is 11.7 Å². The number of aryl methyl sites for hydroxylation is 1. The van der Waals surface area contributed by atoms with Crippen LogP contribution in [0.2, 0.25) is 0 Å². The number of tetrazole rings is 1. The van der Waals surface area contributed by atoms with Crippen LogP contribution in [0.1, 0.15) is 16.2 Å². The summed E-state index contributed by atoms with van der Waals surface area (Å²) in [6, 6.07) is 7.49. The molecule has 0 saturated carbocycles. The molecule has 0 fully saturated rings. The number of rotatable bonds is 4. The fourth-order valence-electron chi connectivity index (χ4n) is 2.07. The molecule has 2 heterocycles. The summed E-state index contributed by atoms with van der Waals surface area (Å²) in [6.07, 6.45) is 3.40. The predicted molar refractivity (Wildman–Crippen MR) is 87.8 cm³/mol. The third-order valence-corrected chi connectivity index (χ3v) is 3.92. The molecule has 0 saturated heterocycles. The Hall–Kier alpha value is -2.81. The molecular formula is C15H13FN6OS. The lowest BCUT2D eigenvalue weighted by atomic mass is 10.2. The number of hydrogen-bond acceptors (Lipinski definition) is 6. The van der Waals surface area contributed by atoms with Crippen molar-refractivity contribution in [3.63, 3.8) is 0 Å². The van der Waals surface area contributed by atoms with Crippen molar-refractivity contribution in [2.75, 3.05) is 11.6 Å². The minimum Gasteiger partial charge on any atom is -0.319 e. The van der Waals surface area contributed by atoms with E-state index in [1.54, 1.807) is 19.1 Å². The van der Waals surface area contributed by atoms with Gasteiger partial charge in [-0.15, -0.1) is 16.9 Å². The van der Waals surface area contributed by atoms with Crippen molar-refractivity contribution in [1.82, 2.24) is 25.2 Å². The standard InChI is InChI=1S/C15H13FN6OS/c1-9-19-20-21-22(9)11-3-4-12(16)13(8-11)18-15(23)10-5-6-17-14(7-10)24-2/h3-8H,1-2H3,(H,18,23). The normalized spacial score (nSPS) is 10.6. The lowest BCUT2D eigenvalue weighted by Gasteiger charge is -2.09. The molecule has 9 heteroatoms. The molecule has 0 bridgehead atoms. The Balaban J connectivity index is 1.89. The van der Waals surface area contributed by atoms with Gasteiger partial charge >= 0.3 is 0 Å². The Morgan fingerprint density at radius 3 is 2.83 bits per heavy atom. The molecule has 0 radical (unpaired) electrons. The third-order valence-electron chi connectivity index (χ3n) is 3.27. The minimum absolute atomic E-state index is 0.0508. The molecule has 0 spiro atoms. The fourth-order valence-corrected chi connectivity index (χ4v) is 2.48. The number of carbonyl (C=O) groups is 1. The van der Waals surface area contributed by atoms with E-state index in [9.17, 15) is 9.18 Å². The molecule has 0 atom stereocenters. The minimum atomic E-state index is -0.544. The van der Waals surface area contributed by atoms with Gasteiger partial charge in [-0.25, -0.2) is 9.37 Å². The molecular weight excluding hydrogens is 331 g/mol. The number of nitrogens with zero attached hydrogens (tertiary/aromatic N) is 5. The number of aromatic nitrogens is 5. The van der Waals surface area contributed by atoms with E-state index in [0.29, 0.717) is 22.1 Å². The molecule has 24 heavy (non-hydrogen) atoms. The van der Waals surface area contributed by atoms with Gasteiger partial charge in [-0.1, -0.05) is 0 Å². The van der Waals surface area contributed by atoms with Crippen LogP contribution in [0.25, 0.3) is 5.69 Å². The molecule has 0 aliphatic heterocycles. The molecule has 2 aromatic heterocycles. The number of benzene rings is 1. The van der Waals surface area contributed by atoms with Gasteiger partial charge in [0.05, 0.1) is 16.4 Å². The van der Waals surface area contributed by atoms with Crippen molar-refractivity contribution in [2.45, 2.75) is 11.9 Å². The molecule has 3 rings (SSSR count). The number of pyridine rings is 1. The number of carbonyl (C=O) groups excluding carboxylic acids is 1. The highest BCUT2D eigenvalue weighted by molar-refractivity contribution is 7.98. The van der Waals surface area contributed by atoms with E-state index in [0.717, 1.165) is 0 Å². The summed E-state index contributed by atoms with van der Waals surface area (Å²) in [5, 5.41) is 14.4. The maximum Gasteiger partial charge on any atom is 0.255 e. The summed E-state index contributed by atoms with van der Waals surface area (Å²) in [4.78, 5) is 16.4. The summed E-state index contributed by atoms with van der Waals surface area (Å²) in [5.74, 6) is -0.410. The van der Waals surface area contributed by atoms with Crippen molar-refractivity contribution in [1.29, 1.82) is 0 Å². The molecule has 1 N–H and O–H groups in total. The van der Waals surface area contributed by atoms with Crippen LogP contribution in [-0.2, 0) is 0 Å². The fraction of sp³-hybridized carbons (Fsp3) is 0.133. The lowest BCUT2D eigenvalue weighted by molar-refractivity contribution is 0.102. The van der Waals surface area contributed by atoms with Crippen molar-refractivity contribution >= 4 is 23.4 Å². The quantitative estimate of drug-likeness (QED) is 0.732. The second kappa shape index (κ2) is 6.75. The second-order valence-corrected chi connectivity index (χ2v) is 5.67. The van der Waals surface area contributed by atoms with Crippen LogP contribution in [0.4, 0.5) is 10.1 Å². The van der Waals surface area contributed by atoms with Crippen LogP contribution in [0, 0.1) is 12.7 Å².